The zero-order valence-electron chi connectivity index (χ0n) is 14.3. The van der Waals surface area contributed by atoms with Crippen LogP contribution in [0, 0.1) is 23.2 Å². The number of hydrogen-bond acceptors (Lipinski definition) is 8. The lowest BCUT2D eigenvalue weighted by molar-refractivity contribution is 0.533. The summed E-state index contributed by atoms with van der Waals surface area (Å²) in [4.78, 5) is 26.3. The maximum Gasteiger partial charge on any atom is 0.183 e. The molecule has 130 valence electrons. The van der Waals surface area contributed by atoms with Crippen LogP contribution in [0.3, 0.4) is 0 Å². The monoisotopic (exact) mass is 347 g/mol. The molecule has 0 radical (unpaired) electrons. The number of nitriles is 1. The molecule has 3 aromatic rings. The second kappa shape index (κ2) is 5.62. The molecular weight excluding hydrogens is 330 g/mol. The summed E-state index contributed by atoms with van der Waals surface area (Å²) < 4.78 is 1.91. The van der Waals surface area contributed by atoms with Gasteiger partial charge in [-0.3, -0.25) is 0 Å². The second-order valence-corrected chi connectivity index (χ2v) is 6.90. The van der Waals surface area contributed by atoms with Gasteiger partial charge < -0.3 is 14.4 Å². The molecule has 0 aliphatic carbocycles. The summed E-state index contributed by atoms with van der Waals surface area (Å²) in [5.74, 6) is 2.63. The maximum absolute atomic E-state index is 9.26. The molecule has 9 heteroatoms. The highest BCUT2D eigenvalue weighted by molar-refractivity contribution is 5.83. The first kappa shape index (κ1) is 15.0. The maximum atomic E-state index is 9.26. The van der Waals surface area contributed by atoms with Gasteiger partial charge in [-0.25, -0.2) is 24.9 Å². The van der Waals surface area contributed by atoms with Crippen LogP contribution in [0.15, 0.2) is 25.0 Å². The molecule has 0 spiro atoms. The van der Waals surface area contributed by atoms with Crippen molar-refractivity contribution in [3.63, 3.8) is 0 Å². The molecule has 9 nitrogen and oxygen atoms in total. The Bertz CT molecular complexity index is 1010. The van der Waals surface area contributed by atoms with Gasteiger partial charge in [0.2, 0.25) is 0 Å². The lowest BCUT2D eigenvalue weighted by atomic mass is 10.0. The van der Waals surface area contributed by atoms with Gasteiger partial charge in [-0.15, -0.1) is 0 Å². The topological polar surface area (TPSA) is 99.7 Å². The van der Waals surface area contributed by atoms with Crippen LogP contribution >= 0.6 is 0 Å². The van der Waals surface area contributed by atoms with E-state index in [4.69, 9.17) is 0 Å². The van der Waals surface area contributed by atoms with E-state index in [-0.39, 0.29) is 0 Å². The lowest BCUT2D eigenvalue weighted by Gasteiger charge is -2.23. The third kappa shape index (κ3) is 2.19. The first-order valence-electron chi connectivity index (χ1n) is 8.57. The molecule has 2 aliphatic rings. The Morgan fingerprint density at radius 1 is 0.923 bits per heavy atom. The molecule has 2 aliphatic heterocycles. The van der Waals surface area contributed by atoms with Crippen LogP contribution in [-0.2, 0) is 7.05 Å². The van der Waals surface area contributed by atoms with E-state index in [0.29, 0.717) is 23.3 Å². The van der Waals surface area contributed by atoms with E-state index < -0.39 is 0 Å². The van der Waals surface area contributed by atoms with Crippen LogP contribution in [0.5, 0.6) is 0 Å². The van der Waals surface area contributed by atoms with Gasteiger partial charge in [0.05, 0.1) is 6.33 Å². The normalized spacial score (nSPS) is 22.0. The van der Waals surface area contributed by atoms with Gasteiger partial charge in [0, 0.05) is 57.5 Å². The van der Waals surface area contributed by atoms with Crippen LogP contribution < -0.4 is 9.80 Å². The minimum atomic E-state index is 0.398. The highest BCUT2D eigenvalue weighted by Crippen LogP contribution is 2.36. The van der Waals surface area contributed by atoms with E-state index in [0.717, 1.165) is 43.2 Å². The van der Waals surface area contributed by atoms with Crippen LogP contribution in [0.4, 0.5) is 11.6 Å². The molecule has 0 amide bonds. The minimum absolute atomic E-state index is 0.398. The standard InChI is InChI=1S/C17H17N9/c1-24-10-23-14-16(24)21-9-22-17(14)26-7-11-5-25(6-12(11)8-26)15-13(4-18)19-2-3-20-15/h2-3,9-12H,5-8H2,1H3. The highest BCUT2D eigenvalue weighted by Gasteiger charge is 2.42. The molecule has 26 heavy (non-hydrogen) atoms. The van der Waals surface area contributed by atoms with Gasteiger partial charge in [0.25, 0.3) is 0 Å². The van der Waals surface area contributed by atoms with Gasteiger partial charge >= 0.3 is 0 Å². The number of fused-ring (bicyclic) bond motifs is 2. The molecule has 5 heterocycles. The number of aryl methyl sites for hydroxylation is 1. The smallest absolute Gasteiger partial charge is 0.183 e. The summed E-state index contributed by atoms with van der Waals surface area (Å²) in [5.41, 5.74) is 2.11. The average Bonchev–Trinajstić information content (AvgIpc) is 3.35. The Labute approximate surface area is 150 Å². The zero-order chi connectivity index (χ0) is 17.7. The largest absolute Gasteiger partial charge is 0.354 e. The molecule has 0 N–H and O–H groups in total. The molecule has 0 bridgehead atoms. The second-order valence-electron chi connectivity index (χ2n) is 6.90. The quantitative estimate of drug-likeness (QED) is 0.664. The molecule has 2 atom stereocenters. The van der Waals surface area contributed by atoms with Crippen molar-refractivity contribution < 1.29 is 0 Å². The first-order valence-corrected chi connectivity index (χ1v) is 8.57. The average molecular weight is 347 g/mol. The highest BCUT2D eigenvalue weighted by atomic mass is 15.3. The first-order chi connectivity index (χ1) is 12.7. The van der Waals surface area contributed by atoms with Crippen LogP contribution in [0.1, 0.15) is 5.69 Å². The fourth-order valence-corrected chi connectivity index (χ4v) is 4.14. The van der Waals surface area contributed by atoms with Gasteiger partial charge in [-0.2, -0.15) is 5.26 Å². The van der Waals surface area contributed by atoms with Crippen molar-refractivity contribution in [3.05, 3.63) is 30.7 Å². The van der Waals surface area contributed by atoms with Gasteiger partial charge in [0.1, 0.15) is 12.4 Å². The molecule has 0 aromatic carbocycles. The van der Waals surface area contributed by atoms with E-state index in [1.807, 2.05) is 11.6 Å². The number of anilines is 2. The summed E-state index contributed by atoms with van der Waals surface area (Å²) in [6.45, 7) is 3.61. The Morgan fingerprint density at radius 3 is 2.35 bits per heavy atom. The van der Waals surface area contributed by atoms with Crippen LogP contribution in [-0.4, -0.2) is 55.7 Å². The molecule has 2 unspecified atom stereocenters. The molecule has 2 fully saturated rings. The number of nitrogens with zero attached hydrogens (tertiary/aromatic N) is 9. The minimum Gasteiger partial charge on any atom is -0.354 e. The van der Waals surface area contributed by atoms with Gasteiger partial charge in [0.15, 0.2) is 28.5 Å². The predicted molar refractivity (Wildman–Crippen MR) is 94.5 cm³/mol. The summed E-state index contributed by atoms with van der Waals surface area (Å²) >= 11 is 0. The molecular formula is C17H17N9. The van der Waals surface area contributed by atoms with E-state index >= 15 is 0 Å². The van der Waals surface area contributed by atoms with Crippen molar-refractivity contribution in [2.24, 2.45) is 18.9 Å². The van der Waals surface area contributed by atoms with E-state index in [1.54, 1.807) is 25.0 Å². The number of rotatable bonds is 2. The Balaban J connectivity index is 1.38. The Hall–Kier alpha value is -3.28. The molecule has 3 aromatic heterocycles. The molecule has 2 saturated heterocycles. The lowest BCUT2D eigenvalue weighted by Crippen LogP contribution is -2.30. The number of aromatic nitrogens is 6. The van der Waals surface area contributed by atoms with Crippen molar-refractivity contribution in [2.45, 2.75) is 0 Å². The fraction of sp³-hybridized carbons (Fsp3) is 0.412. The van der Waals surface area contributed by atoms with Gasteiger partial charge in [-0.1, -0.05) is 0 Å². The third-order valence-electron chi connectivity index (χ3n) is 5.35. The van der Waals surface area contributed by atoms with E-state index in [1.165, 1.54) is 0 Å². The summed E-state index contributed by atoms with van der Waals surface area (Å²) in [6, 6.07) is 2.14. The van der Waals surface area contributed by atoms with Crippen molar-refractivity contribution in [3.8, 4) is 6.07 Å². The van der Waals surface area contributed by atoms with Crippen LogP contribution in [0.2, 0.25) is 0 Å². The fourth-order valence-electron chi connectivity index (χ4n) is 4.14. The van der Waals surface area contributed by atoms with E-state index in [2.05, 4.69) is 40.8 Å². The van der Waals surface area contributed by atoms with Crippen molar-refractivity contribution in [1.82, 2.24) is 29.5 Å². The number of imidazole rings is 1. The van der Waals surface area contributed by atoms with Crippen molar-refractivity contribution in [1.29, 1.82) is 5.26 Å². The summed E-state index contributed by atoms with van der Waals surface area (Å²) in [6.07, 6.45) is 6.60. The van der Waals surface area contributed by atoms with E-state index in [9.17, 15) is 5.26 Å². The Morgan fingerprint density at radius 2 is 1.62 bits per heavy atom. The van der Waals surface area contributed by atoms with Crippen LogP contribution in [0.25, 0.3) is 11.2 Å². The predicted octanol–water partition coefficient (Wildman–Crippen LogP) is 0.598. The van der Waals surface area contributed by atoms with Crippen molar-refractivity contribution >= 4 is 22.8 Å². The summed E-state index contributed by atoms with van der Waals surface area (Å²) in [7, 11) is 1.94. The molecule has 0 saturated carbocycles. The third-order valence-corrected chi connectivity index (χ3v) is 5.35. The molecule has 5 rings (SSSR count). The van der Waals surface area contributed by atoms with Gasteiger partial charge in [-0.05, 0) is 0 Å². The number of hydrogen-bond donors (Lipinski definition) is 0. The summed E-state index contributed by atoms with van der Waals surface area (Å²) in [5, 5.41) is 9.26. The Kier molecular flexibility index (Phi) is 3.25. The zero-order valence-corrected chi connectivity index (χ0v) is 14.3. The SMILES string of the molecule is Cn1cnc2c(N3CC4CN(c5nccnc5C#N)CC4C3)ncnc21. The van der Waals surface area contributed by atoms with Crippen molar-refractivity contribution in [2.75, 3.05) is 36.0 Å².